The van der Waals surface area contributed by atoms with Gasteiger partial charge in [0.2, 0.25) is 5.78 Å². The van der Waals surface area contributed by atoms with Gasteiger partial charge in [-0.3, -0.25) is 9.69 Å². The van der Waals surface area contributed by atoms with E-state index in [-0.39, 0.29) is 5.78 Å². The first-order chi connectivity index (χ1) is 9.63. The second-order valence-corrected chi connectivity index (χ2v) is 6.10. The average Bonchev–Trinajstić information content (AvgIpc) is 3.04. The second-order valence-electron chi connectivity index (χ2n) is 6.10. The number of carbonyl (C=O) groups excluding carboxylic acids is 1. The molecule has 106 valence electrons. The van der Waals surface area contributed by atoms with Crippen LogP contribution < -0.4 is 0 Å². The summed E-state index contributed by atoms with van der Waals surface area (Å²) in [6.45, 7) is 7.05. The van der Waals surface area contributed by atoms with E-state index in [0.717, 1.165) is 30.0 Å². The number of carbonyl (C=O) groups is 1. The van der Waals surface area contributed by atoms with Crippen molar-refractivity contribution in [1.29, 1.82) is 0 Å². The van der Waals surface area contributed by atoms with E-state index in [1.807, 2.05) is 30.3 Å². The number of nitrogens with zero attached hydrogens (tertiary/aromatic N) is 1. The molecule has 2 aromatic rings. The molecule has 3 heteroatoms. The zero-order valence-electron chi connectivity index (χ0n) is 12.1. The molecule has 1 aromatic heterocycles. The average molecular weight is 271 g/mol. The third-order valence-corrected chi connectivity index (χ3v) is 4.32. The molecule has 0 saturated carbocycles. The van der Waals surface area contributed by atoms with Gasteiger partial charge in [-0.2, -0.15) is 0 Å². The summed E-state index contributed by atoms with van der Waals surface area (Å²) in [5.74, 6) is 1.99. The molecule has 0 amide bonds. The van der Waals surface area contributed by atoms with Crippen LogP contribution >= 0.6 is 0 Å². The normalized spacial score (nSPS) is 20.1. The van der Waals surface area contributed by atoms with Gasteiger partial charge in [0, 0.05) is 11.9 Å². The van der Waals surface area contributed by atoms with Gasteiger partial charge in [0.05, 0.1) is 6.54 Å². The molecule has 1 aliphatic heterocycles. The first kappa shape index (κ1) is 13.4. The minimum absolute atomic E-state index is 0.0885. The number of hydrogen-bond acceptors (Lipinski definition) is 3. The monoisotopic (exact) mass is 271 g/mol. The number of furan rings is 1. The first-order valence-electron chi connectivity index (χ1n) is 7.37. The number of rotatable bonds is 4. The van der Waals surface area contributed by atoms with Crippen molar-refractivity contribution in [2.45, 2.75) is 20.3 Å². The van der Waals surface area contributed by atoms with E-state index in [0.29, 0.717) is 18.2 Å². The molecule has 0 bridgehead atoms. The molecule has 0 radical (unpaired) electrons. The maximum Gasteiger partial charge on any atom is 0.211 e. The smallest absolute Gasteiger partial charge is 0.211 e. The van der Waals surface area contributed by atoms with Crippen LogP contribution in [0.5, 0.6) is 0 Å². The highest BCUT2D eigenvalue weighted by molar-refractivity contribution is 5.98. The number of likely N-dealkylation sites (tertiary alicyclic amines) is 1. The Morgan fingerprint density at radius 3 is 2.90 bits per heavy atom. The number of Topliss-reactive ketones (excluding diaryl/α,β-unsaturated/α-hetero) is 1. The number of benzene rings is 1. The van der Waals surface area contributed by atoms with Crippen molar-refractivity contribution < 1.29 is 9.21 Å². The van der Waals surface area contributed by atoms with Gasteiger partial charge >= 0.3 is 0 Å². The molecular weight excluding hydrogens is 250 g/mol. The Kier molecular flexibility index (Phi) is 3.62. The van der Waals surface area contributed by atoms with E-state index in [9.17, 15) is 4.79 Å². The number of fused-ring (bicyclic) bond motifs is 1. The van der Waals surface area contributed by atoms with E-state index in [2.05, 4.69) is 18.7 Å². The highest BCUT2D eigenvalue weighted by Gasteiger charge is 2.27. The molecule has 1 aliphatic rings. The van der Waals surface area contributed by atoms with Crippen LogP contribution in [0.1, 0.15) is 30.8 Å². The minimum atomic E-state index is 0.0885. The van der Waals surface area contributed by atoms with E-state index in [4.69, 9.17) is 4.42 Å². The maximum atomic E-state index is 12.3. The standard InChI is InChI=1S/C17H21NO2/c1-12(2)14-7-8-18(10-14)11-15(19)17-9-13-5-3-4-6-16(13)20-17/h3-6,9,12,14H,7-8,10-11H2,1-2H3. The minimum Gasteiger partial charge on any atom is -0.453 e. The van der Waals surface area contributed by atoms with E-state index < -0.39 is 0 Å². The lowest BCUT2D eigenvalue weighted by molar-refractivity contribution is 0.0916. The molecule has 20 heavy (non-hydrogen) atoms. The Morgan fingerprint density at radius 1 is 1.40 bits per heavy atom. The summed E-state index contributed by atoms with van der Waals surface area (Å²) in [6.07, 6.45) is 1.20. The van der Waals surface area contributed by atoms with Gasteiger partial charge in [0.1, 0.15) is 5.58 Å². The van der Waals surface area contributed by atoms with Gasteiger partial charge in [-0.1, -0.05) is 32.0 Å². The summed E-state index contributed by atoms with van der Waals surface area (Å²) in [5, 5.41) is 0.998. The van der Waals surface area contributed by atoms with Crippen LogP contribution in [0.2, 0.25) is 0 Å². The zero-order valence-corrected chi connectivity index (χ0v) is 12.1. The lowest BCUT2D eigenvalue weighted by Crippen LogP contribution is -2.28. The second kappa shape index (κ2) is 5.41. The third kappa shape index (κ3) is 2.63. The lowest BCUT2D eigenvalue weighted by atomic mass is 9.95. The highest BCUT2D eigenvalue weighted by Crippen LogP contribution is 2.24. The molecule has 3 rings (SSSR count). The molecule has 2 heterocycles. The summed E-state index contributed by atoms with van der Waals surface area (Å²) in [6, 6.07) is 9.61. The molecule has 3 nitrogen and oxygen atoms in total. The van der Waals surface area contributed by atoms with Crippen molar-refractivity contribution in [1.82, 2.24) is 4.90 Å². The lowest BCUT2D eigenvalue weighted by Gasteiger charge is -2.16. The van der Waals surface area contributed by atoms with Crippen LogP contribution in [0.4, 0.5) is 0 Å². The fourth-order valence-corrected chi connectivity index (χ4v) is 2.95. The Morgan fingerprint density at radius 2 is 2.20 bits per heavy atom. The number of para-hydroxylation sites is 1. The fourth-order valence-electron chi connectivity index (χ4n) is 2.95. The van der Waals surface area contributed by atoms with Gasteiger partial charge in [0.15, 0.2) is 5.76 Å². The topological polar surface area (TPSA) is 33.5 Å². The predicted octanol–water partition coefficient (Wildman–Crippen LogP) is 3.59. The van der Waals surface area contributed by atoms with Gasteiger partial charge < -0.3 is 4.42 Å². The quantitative estimate of drug-likeness (QED) is 0.797. The van der Waals surface area contributed by atoms with Gasteiger partial charge in [0.25, 0.3) is 0 Å². The first-order valence-corrected chi connectivity index (χ1v) is 7.37. The van der Waals surface area contributed by atoms with E-state index >= 15 is 0 Å². The van der Waals surface area contributed by atoms with E-state index in [1.165, 1.54) is 6.42 Å². The fraction of sp³-hybridized carbons (Fsp3) is 0.471. The number of hydrogen-bond donors (Lipinski definition) is 0. The molecule has 0 N–H and O–H groups in total. The highest BCUT2D eigenvalue weighted by atomic mass is 16.3. The van der Waals surface area contributed by atoms with Crippen LogP contribution in [0, 0.1) is 11.8 Å². The Hall–Kier alpha value is -1.61. The zero-order chi connectivity index (χ0) is 14.1. The van der Waals surface area contributed by atoms with Crippen LogP contribution in [-0.2, 0) is 0 Å². The van der Waals surface area contributed by atoms with Gasteiger partial charge in [-0.15, -0.1) is 0 Å². The Balaban J connectivity index is 1.67. The summed E-state index contributed by atoms with van der Waals surface area (Å²) >= 11 is 0. The molecule has 1 atom stereocenters. The van der Waals surface area contributed by atoms with Crippen molar-refractivity contribution in [2.24, 2.45) is 11.8 Å². The molecule has 0 spiro atoms. The van der Waals surface area contributed by atoms with Crippen molar-refractivity contribution in [3.8, 4) is 0 Å². The van der Waals surface area contributed by atoms with Crippen LogP contribution in [-0.4, -0.2) is 30.3 Å². The molecule has 0 aliphatic carbocycles. The van der Waals surface area contributed by atoms with Crippen molar-refractivity contribution in [3.05, 3.63) is 36.1 Å². The van der Waals surface area contributed by atoms with Gasteiger partial charge in [-0.05, 0) is 36.9 Å². The van der Waals surface area contributed by atoms with Crippen LogP contribution in [0.25, 0.3) is 11.0 Å². The summed E-state index contributed by atoms with van der Waals surface area (Å²) < 4.78 is 5.64. The van der Waals surface area contributed by atoms with Crippen molar-refractivity contribution in [2.75, 3.05) is 19.6 Å². The molecule has 1 fully saturated rings. The largest absolute Gasteiger partial charge is 0.453 e. The van der Waals surface area contributed by atoms with Crippen LogP contribution in [0.3, 0.4) is 0 Å². The summed E-state index contributed by atoms with van der Waals surface area (Å²) in [5.41, 5.74) is 0.789. The molecule has 1 unspecified atom stereocenters. The third-order valence-electron chi connectivity index (χ3n) is 4.32. The molecule has 1 saturated heterocycles. The molecular formula is C17H21NO2. The predicted molar refractivity (Wildman–Crippen MR) is 79.9 cm³/mol. The van der Waals surface area contributed by atoms with Crippen molar-refractivity contribution >= 4 is 16.8 Å². The summed E-state index contributed by atoms with van der Waals surface area (Å²) in [4.78, 5) is 14.6. The van der Waals surface area contributed by atoms with Crippen molar-refractivity contribution in [3.63, 3.8) is 0 Å². The Bertz CT molecular complexity index is 581. The summed E-state index contributed by atoms with van der Waals surface area (Å²) in [7, 11) is 0. The molecule has 1 aromatic carbocycles. The Labute approximate surface area is 119 Å². The van der Waals surface area contributed by atoms with Gasteiger partial charge in [-0.25, -0.2) is 0 Å². The van der Waals surface area contributed by atoms with E-state index in [1.54, 1.807) is 0 Å². The number of ketones is 1. The SMILES string of the molecule is CC(C)C1CCN(CC(=O)c2cc3ccccc3o2)C1. The maximum absolute atomic E-state index is 12.3. The van der Waals surface area contributed by atoms with Crippen LogP contribution in [0.15, 0.2) is 34.7 Å².